The van der Waals surface area contributed by atoms with E-state index in [0.717, 1.165) is 25.6 Å². The Hall–Kier alpha value is -0.450. The fourth-order valence-corrected chi connectivity index (χ4v) is 3.55. The van der Waals surface area contributed by atoms with Crippen LogP contribution in [0.2, 0.25) is 0 Å². The number of nitrogens with zero attached hydrogens (tertiary/aromatic N) is 2. The first kappa shape index (κ1) is 15.9. The molecule has 2 rings (SSSR count). The maximum absolute atomic E-state index is 4.47. The molecule has 1 aliphatic heterocycles. The monoisotopic (exact) mass is 295 g/mol. The van der Waals surface area contributed by atoms with Crippen LogP contribution in [0.3, 0.4) is 0 Å². The van der Waals surface area contributed by atoms with Gasteiger partial charge in [-0.05, 0) is 17.8 Å². The average molecular weight is 295 g/mol. The second kappa shape index (κ2) is 6.54. The van der Waals surface area contributed by atoms with Crippen LogP contribution >= 0.6 is 11.3 Å². The van der Waals surface area contributed by atoms with Crippen LogP contribution < -0.4 is 5.32 Å². The summed E-state index contributed by atoms with van der Waals surface area (Å²) in [5, 5.41) is 7.09. The van der Waals surface area contributed by atoms with E-state index in [1.165, 1.54) is 11.4 Å². The molecule has 0 aromatic carbocycles. The third-order valence-corrected chi connectivity index (χ3v) is 4.91. The van der Waals surface area contributed by atoms with E-state index in [1.807, 2.05) is 6.20 Å². The standard InChI is InChI=1S/C16H29N3S/c1-12(2)8-13-9-18-14(16(3,4)5)10-19(13)11-15-17-6-7-20-15/h6-7,12-14,18H,8-11H2,1-5H3. The second-order valence-corrected chi connectivity index (χ2v) is 8.44. The summed E-state index contributed by atoms with van der Waals surface area (Å²) in [6.45, 7) is 14.9. The summed E-state index contributed by atoms with van der Waals surface area (Å²) in [7, 11) is 0. The zero-order chi connectivity index (χ0) is 14.8. The topological polar surface area (TPSA) is 28.2 Å². The number of piperazine rings is 1. The van der Waals surface area contributed by atoms with Gasteiger partial charge in [0.15, 0.2) is 0 Å². The zero-order valence-electron chi connectivity index (χ0n) is 13.5. The number of aromatic nitrogens is 1. The van der Waals surface area contributed by atoms with Crippen LogP contribution in [-0.4, -0.2) is 35.1 Å². The molecule has 114 valence electrons. The smallest absolute Gasteiger partial charge is 0.107 e. The third-order valence-electron chi connectivity index (χ3n) is 4.14. The molecule has 0 amide bonds. The molecule has 0 saturated carbocycles. The van der Waals surface area contributed by atoms with Crippen molar-refractivity contribution < 1.29 is 0 Å². The summed E-state index contributed by atoms with van der Waals surface area (Å²) in [5.41, 5.74) is 0.309. The lowest BCUT2D eigenvalue weighted by molar-refractivity contribution is 0.0690. The van der Waals surface area contributed by atoms with Crippen molar-refractivity contribution in [2.45, 2.75) is 59.7 Å². The summed E-state index contributed by atoms with van der Waals surface area (Å²) < 4.78 is 0. The Morgan fingerprint density at radius 1 is 1.45 bits per heavy atom. The van der Waals surface area contributed by atoms with Gasteiger partial charge in [-0.2, -0.15) is 0 Å². The molecule has 0 aliphatic carbocycles. The van der Waals surface area contributed by atoms with Crippen molar-refractivity contribution in [3.05, 3.63) is 16.6 Å². The first-order valence-electron chi connectivity index (χ1n) is 7.72. The van der Waals surface area contributed by atoms with Gasteiger partial charge in [0.05, 0.1) is 6.54 Å². The maximum atomic E-state index is 4.47. The normalized spacial score (nSPS) is 25.3. The SMILES string of the molecule is CC(C)CC1CNC(C(C)(C)C)CN1Cc1nccs1. The van der Waals surface area contributed by atoms with Crippen LogP contribution in [0.15, 0.2) is 11.6 Å². The van der Waals surface area contributed by atoms with Gasteiger partial charge >= 0.3 is 0 Å². The molecule has 0 bridgehead atoms. The Bertz CT molecular complexity index is 394. The van der Waals surface area contributed by atoms with Gasteiger partial charge < -0.3 is 5.32 Å². The Balaban J connectivity index is 2.06. The van der Waals surface area contributed by atoms with E-state index < -0.39 is 0 Å². The summed E-state index contributed by atoms with van der Waals surface area (Å²) in [5.74, 6) is 0.742. The Labute approximate surface area is 127 Å². The van der Waals surface area contributed by atoms with Crippen molar-refractivity contribution in [2.24, 2.45) is 11.3 Å². The van der Waals surface area contributed by atoms with Gasteiger partial charge in [0.1, 0.15) is 5.01 Å². The highest BCUT2D eigenvalue weighted by atomic mass is 32.1. The van der Waals surface area contributed by atoms with E-state index in [0.29, 0.717) is 17.5 Å². The van der Waals surface area contributed by atoms with E-state index in [2.05, 4.69) is 55.2 Å². The van der Waals surface area contributed by atoms with E-state index in [-0.39, 0.29) is 0 Å². The molecule has 1 fully saturated rings. The zero-order valence-corrected chi connectivity index (χ0v) is 14.3. The lowest BCUT2D eigenvalue weighted by Gasteiger charge is -2.45. The van der Waals surface area contributed by atoms with Gasteiger partial charge in [-0.1, -0.05) is 34.6 Å². The number of hydrogen-bond donors (Lipinski definition) is 1. The molecule has 2 atom stereocenters. The van der Waals surface area contributed by atoms with Crippen molar-refractivity contribution in [3.63, 3.8) is 0 Å². The van der Waals surface area contributed by atoms with Gasteiger partial charge in [0.25, 0.3) is 0 Å². The lowest BCUT2D eigenvalue weighted by atomic mass is 9.84. The highest BCUT2D eigenvalue weighted by Crippen LogP contribution is 2.26. The maximum Gasteiger partial charge on any atom is 0.107 e. The van der Waals surface area contributed by atoms with Crippen molar-refractivity contribution in [3.8, 4) is 0 Å². The molecule has 1 aromatic heterocycles. The lowest BCUT2D eigenvalue weighted by Crippen LogP contribution is -2.60. The van der Waals surface area contributed by atoms with E-state index >= 15 is 0 Å². The quantitative estimate of drug-likeness (QED) is 0.923. The van der Waals surface area contributed by atoms with Gasteiger partial charge in [0, 0.05) is 36.8 Å². The molecule has 3 nitrogen and oxygen atoms in total. The number of nitrogens with one attached hydrogen (secondary N) is 1. The first-order valence-corrected chi connectivity index (χ1v) is 8.60. The predicted molar refractivity (Wildman–Crippen MR) is 87.0 cm³/mol. The van der Waals surface area contributed by atoms with Crippen LogP contribution in [0.1, 0.15) is 46.0 Å². The average Bonchev–Trinajstić information content (AvgIpc) is 2.82. The molecule has 1 N–H and O–H groups in total. The van der Waals surface area contributed by atoms with Crippen LogP contribution in [0, 0.1) is 11.3 Å². The minimum atomic E-state index is 0.309. The Morgan fingerprint density at radius 2 is 2.20 bits per heavy atom. The third kappa shape index (κ3) is 4.27. The predicted octanol–water partition coefficient (Wildman–Crippen LogP) is 3.38. The molecule has 20 heavy (non-hydrogen) atoms. The van der Waals surface area contributed by atoms with Crippen molar-refractivity contribution in [1.82, 2.24) is 15.2 Å². The van der Waals surface area contributed by atoms with Gasteiger partial charge in [-0.25, -0.2) is 4.98 Å². The Morgan fingerprint density at radius 3 is 2.75 bits per heavy atom. The highest BCUT2D eigenvalue weighted by molar-refractivity contribution is 7.09. The second-order valence-electron chi connectivity index (χ2n) is 7.47. The van der Waals surface area contributed by atoms with E-state index in [9.17, 15) is 0 Å². The molecule has 2 heterocycles. The van der Waals surface area contributed by atoms with Crippen molar-refractivity contribution in [1.29, 1.82) is 0 Å². The largest absolute Gasteiger partial charge is 0.311 e. The summed E-state index contributed by atoms with van der Waals surface area (Å²) in [6, 6.07) is 1.20. The van der Waals surface area contributed by atoms with E-state index in [4.69, 9.17) is 0 Å². The Kier molecular flexibility index (Phi) is 5.21. The minimum Gasteiger partial charge on any atom is -0.311 e. The van der Waals surface area contributed by atoms with Gasteiger partial charge in [0.2, 0.25) is 0 Å². The molecule has 1 saturated heterocycles. The fourth-order valence-electron chi connectivity index (χ4n) is 2.91. The minimum absolute atomic E-state index is 0.309. The van der Waals surface area contributed by atoms with Crippen LogP contribution in [0.4, 0.5) is 0 Å². The summed E-state index contributed by atoms with van der Waals surface area (Å²) in [6.07, 6.45) is 3.18. The molecule has 2 unspecified atom stereocenters. The van der Waals surface area contributed by atoms with Gasteiger partial charge in [-0.3, -0.25) is 4.90 Å². The van der Waals surface area contributed by atoms with Crippen molar-refractivity contribution >= 4 is 11.3 Å². The highest BCUT2D eigenvalue weighted by Gasteiger charge is 2.34. The molecule has 1 aromatic rings. The summed E-state index contributed by atoms with van der Waals surface area (Å²) >= 11 is 1.77. The molecule has 4 heteroatoms. The molecule has 0 radical (unpaired) electrons. The van der Waals surface area contributed by atoms with Crippen LogP contribution in [-0.2, 0) is 6.54 Å². The molecule has 0 spiro atoms. The number of rotatable bonds is 4. The summed E-state index contributed by atoms with van der Waals surface area (Å²) in [4.78, 5) is 7.11. The first-order chi connectivity index (χ1) is 9.36. The fraction of sp³-hybridized carbons (Fsp3) is 0.812. The van der Waals surface area contributed by atoms with Crippen molar-refractivity contribution in [2.75, 3.05) is 13.1 Å². The van der Waals surface area contributed by atoms with E-state index in [1.54, 1.807) is 11.3 Å². The van der Waals surface area contributed by atoms with Crippen LogP contribution in [0.5, 0.6) is 0 Å². The van der Waals surface area contributed by atoms with Crippen LogP contribution in [0.25, 0.3) is 0 Å². The molecular weight excluding hydrogens is 266 g/mol. The molecular formula is C16H29N3S. The van der Waals surface area contributed by atoms with Gasteiger partial charge in [-0.15, -0.1) is 11.3 Å². The number of thiazole rings is 1. The molecule has 1 aliphatic rings. The number of hydrogen-bond acceptors (Lipinski definition) is 4.